The van der Waals surface area contributed by atoms with Crippen molar-refractivity contribution in [3.63, 3.8) is 0 Å². The molecule has 0 aromatic rings. The first-order valence-corrected chi connectivity index (χ1v) is 5.69. The first-order chi connectivity index (χ1) is 7.70. The summed E-state index contributed by atoms with van der Waals surface area (Å²) < 4.78 is 0. The van der Waals surface area contributed by atoms with Crippen LogP contribution in [0.1, 0.15) is 13.8 Å². The van der Waals surface area contributed by atoms with E-state index in [4.69, 9.17) is 0 Å². The quantitative estimate of drug-likeness (QED) is 0.616. The van der Waals surface area contributed by atoms with Crippen LogP contribution >= 0.6 is 0 Å². The molecule has 0 aromatic heterocycles. The third kappa shape index (κ3) is 1.03. The van der Waals surface area contributed by atoms with E-state index in [2.05, 4.69) is 42.8 Å². The fourth-order valence-electron chi connectivity index (χ4n) is 2.67. The maximum atomic E-state index is 4.61. The van der Waals surface area contributed by atoms with Crippen molar-refractivity contribution in [1.29, 1.82) is 0 Å². The summed E-state index contributed by atoms with van der Waals surface area (Å²) in [6.07, 6.45) is 12.8. The van der Waals surface area contributed by atoms with E-state index in [9.17, 15) is 0 Å². The van der Waals surface area contributed by atoms with Crippen LogP contribution in [0, 0.1) is 11.3 Å². The second kappa shape index (κ2) is 2.94. The summed E-state index contributed by atoms with van der Waals surface area (Å²) in [6.45, 7) is 8.16. The standard InChI is InChI=1S/C15H15N/c1-4-10(5-2)13-9-16-14-12(13)7-6-11-8-15(11,14)3/h4-9,12H,1H2,2-3H3/b10-5+. The first-order valence-electron chi connectivity index (χ1n) is 5.69. The average molecular weight is 209 g/mol. The van der Waals surface area contributed by atoms with Crippen LogP contribution in [0.15, 0.2) is 64.9 Å². The number of nitrogens with zero attached hydrogens (tertiary/aromatic N) is 1. The molecular formula is C15H15N. The largest absolute Gasteiger partial charge is 0.263 e. The Balaban J connectivity index is 1.98. The smallest absolute Gasteiger partial charge is 0.0500 e. The molecule has 1 aliphatic heterocycles. The Morgan fingerprint density at radius 3 is 3.06 bits per heavy atom. The second-order valence-corrected chi connectivity index (χ2v) is 4.69. The van der Waals surface area contributed by atoms with Crippen molar-refractivity contribution in [3.8, 4) is 0 Å². The molecule has 0 saturated carbocycles. The highest BCUT2D eigenvalue weighted by Crippen LogP contribution is 2.53. The lowest BCUT2D eigenvalue weighted by Gasteiger charge is -2.23. The number of hydrogen-bond acceptors (Lipinski definition) is 1. The molecule has 3 rings (SSSR count). The highest BCUT2D eigenvalue weighted by molar-refractivity contribution is 6.07. The molecule has 2 aliphatic carbocycles. The maximum Gasteiger partial charge on any atom is 0.0500 e. The Hall–Kier alpha value is -1.63. The zero-order valence-corrected chi connectivity index (χ0v) is 9.70. The van der Waals surface area contributed by atoms with Gasteiger partial charge in [0.15, 0.2) is 0 Å². The Morgan fingerprint density at radius 2 is 2.38 bits per heavy atom. The molecule has 2 atom stereocenters. The fraction of sp³-hybridized carbons (Fsp3) is 0.267. The van der Waals surface area contributed by atoms with Gasteiger partial charge >= 0.3 is 0 Å². The van der Waals surface area contributed by atoms with Crippen LogP contribution in [-0.2, 0) is 0 Å². The highest BCUT2D eigenvalue weighted by atomic mass is 14.8. The minimum absolute atomic E-state index is 0.150. The molecule has 0 spiro atoms. The van der Waals surface area contributed by atoms with Crippen molar-refractivity contribution < 1.29 is 0 Å². The number of aliphatic imine (C=N–C) groups is 1. The molecule has 0 aromatic carbocycles. The lowest BCUT2D eigenvalue weighted by molar-refractivity contribution is 0.802. The van der Waals surface area contributed by atoms with Crippen molar-refractivity contribution in [2.75, 3.05) is 0 Å². The molecule has 0 bridgehead atoms. The molecule has 2 unspecified atom stereocenters. The Bertz CT molecular complexity index is 526. The molecular weight excluding hydrogens is 194 g/mol. The van der Waals surface area contributed by atoms with Gasteiger partial charge < -0.3 is 0 Å². The van der Waals surface area contributed by atoms with Gasteiger partial charge in [0.1, 0.15) is 0 Å². The molecule has 0 saturated heterocycles. The van der Waals surface area contributed by atoms with Crippen LogP contribution < -0.4 is 0 Å². The molecule has 0 N–H and O–H groups in total. The second-order valence-electron chi connectivity index (χ2n) is 4.69. The summed E-state index contributed by atoms with van der Waals surface area (Å²) >= 11 is 0. The third-order valence-electron chi connectivity index (χ3n) is 3.80. The summed E-state index contributed by atoms with van der Waals surface area (Å²) in [5, 5.41) is 0. The third-order valence-corrected chi connectivity index (χ3v) is 3.80. The Labute approximate surface area is 96.3 Å². The lowest BCUT2D eigenvalue weighted by Crippen LogP contribution is -2.25. The first kappa shape index (κ1) is 9.59. The maximum absolute atomic E-state index is 4.61. The van der Waals surface area contributed by atoms with Gasteiger partial charge in [-0.25, -0.2) is 0 Å². The van der Waals surface area contributed by atoms with Crippen molar-refractivity contribution in [2.24, 2.45) is 16.3 Å². The number of fused-ring (bicyclic) bond motifs is 3. The predicted octanol–water partition coefficient (Wildman–Crippen LogP) is 3.59. The lowest BCUT2D eigenvalue weighted by atomic mass is 9.78. The molecule has 1 heteroatoms. The van der Waals surface area contributed by atoms with Gasteiger partial charge in [0, 0.05) is 23.2 Å². The van der Waals surface area contributed by atoms with Crippen molar-refractivity contribution in [1.82, 2.24) is 0 Å². The van der Waals surface area contributed by atoms with Crippen LogP contribution in [0.3, 0.4) is 0 Å². The van der Waals surface area contributed by atoms with Crippen molar-refractivity contribution in [2.45, 2.75) is 13.8 Å². The summed E-state index contributed by atoms with van der Waals surface area (Å²) in [4.78, 5) is 4.61. The number of hydrogen-bond donors (Lipinski definition) is 0. The number of allylic oxidation sites excluding steroid dienone is 8. The molecule has 0 amide bonds. The summed E-state index contributed by atoms with van der Waals surface area (Å²) in [7, 11) is 0. The van der Waals surface area contributed by atoms with Gasteiger partial charge in [-0.2, -0.15) is 0 Å². The van der Waals surface area contributed by atoms with Crippen LogP contribution in [0.5, 0.6) is 0 Å². The molecule has 80 valence electrons. The van der Waals surface area contributed by atoms with Gasteiger partial charge in [-0.3, -0.25) is 4.99 Å². The topological polar surface area (TPSA) is 12.4 Å². The van der Waals surface area contributed by atoms with E-state index in [0.717, 1.165) is 0 Å². The van der Waals surface area contributed by atoms with E-state index in [1.54, 1.807) is 0 Å². The SMILES string of the molecule is C=C/C(=C\C)C1=CN=C2C1C=CC1=CC12C. The van der Waals surface area contributed by atoms with E-state index >= 15 is 0 Å². The Kier molecular flexibility index (Phi) is 1.76. The molecule has 16 heavy (non-hydrogen) atoms. The van der Waals surface area contributed by atoms with E-state index in [-0.39, 0.29) is 5.41 Å². The zero-order valence-electron chi connectivity index (χ0n) is 9.70. The van der Waals surface area contributed by atoms with Crippen molar-refractivity contribution in [3.05, 3.63) is 59.9 Å². The van der Waals surface area contributed by atoms with E-state index in [1.165, 1.54) is 22.4 Å². The van der Waals surface area contributed by atoms with Crippen LogP contribution in [0.2, 0.25) is 0 Å². The molecule has 1 nitrogen and oxygen atoms in total. The van der Waals surface area contributed by atoms with Crippen LogP contribution in [0.4, 0.5) is 0 Å². The highest BCUT2D eigenvalue weighted by Gasteiger charge is 2.49. The molecule has 3 aliphatic rings. The predicted molar refractivity (Wildman–Crippen MR) is 68.3 cm³/mol. The van der Waals surface area contributed by atoms with E-state index < -0.39 is 0 Å². The number of rotatable bonds is 2. The van der Waals surface area contributed by atoms with Gasteiger partial charge in [0.05, 0.1) is 0 Å². The van der Waals surface area contributed by atoms with Gasteiger partial charge in [0.2, 0.25) is 0 Å². The molecule has 1 heterocycles. The van der Waals surface area contributed by atoms with E-state index in [0.29, 0.717) is 5.92 Å². The van der Waals surface area contributed by atoms with E-state index in [1.807, 2.05) is 19.2 Å². The molecule has 0 radical (unpaired) electrons. The average Bonchev–Trinajstić information content (AvgIpc) is 2.79. The van der Waals surface area contributed by atoms with Crippen molar-refractivity contribution >= 4 is 5.71 Å². The minimum atomic E-state index is 0.150. The summed E-state index contributed by atoms with van der Waals surface area (Å²) in [5.74, 6) is 0.358. The van der Waals surface area contributed by atoms with Gasteiger partial charge in [-0.1, -0.05) is 37.0 Å². The minimum Gasteiger partial charge on any atom is -0.263 e. The van der Waals surface area contributed by atoms with Crippen LogP contribution in [-0.4, -0.2) is 5.71 Å². The fourth-order valence-corrected chi connectivity index (χ4v) is 2.67. The van der Waals surface area contributed by atoms with Gasteiger partial charge in [0.25, 0.3) is 0 Å². The Morgan fingerprint density at radius 1 is 1.56 bits per heavy atom. The summed E-state index contributed by atoms with van der Waals surface area (Å²) in [6, 6.07) is 0. The normalized spacial score (nSPS) is 34.8. The van der Waals surface area contributed by atoms with Crippen LogP contribution in [0.25, 0.3) is 0 Å². The summed E-state index contributed by atoms with van der Waals surface area (Å²) in [5.41, 5.74) is 5.32. The zero-order chi connectivity index (χ0) is 11.3. The monoisotopic (exact) mass is 209 g/mol. The molecule has 0 fully saturated rings. The van der Waals surface area contributed by atoms with Gasteiger partial charge in [-0.05, 0) is 30.6 Å². The van der Waals surface area contributed by atoms with Gasteiger partial charge in [-0.15, -0.1) is 0 Å².